The van der Waals surface area contributed by atoms with Crippen LogP contribution in [0.25, 0.3) is 0 Å². The molecule has 2 heterocycles. The quantitative estimate of drug-likeness (QED) is 0.728. The van der Waals surface area contributed by atoms with E-state index in [2.05, 4.69) is 22.0 Å². The van der Waals surface area contributed by atoms with Crippen LogP contribution >= 0.6 is 0 Å². The minimum absolute atomic E-state index is 0.674. The molecule has 1 aliphatic heterocycles. The second kappa shape index (κ2) is 3.75. The normalized spacial score (nSPS) is 22.2. The number of hydrogen-bond donors (Lipinski definition) is 1. The van der Waals surface area contributed by atoms with Crippen molar-refractivity contribution in [1.82, 2.24) is 4.98 Å². The summed E-state index contributed by atoms with van der Waals surface area (Å²) in [5.41, 5.74) is 6.90. The van der Waals surface area contributed by atoms with E-state index in [0.717, 1.165) is 19.6 Å². The lowest BCUT2D eigenvalue weighted by Gasteiger charge is -2.17. The molecule has 0 radical (unpaired) electrons. The predicted octanol–water partition coefficient (Wildman–Crippen LogP) is 0.867. The number of hydrogen-bond acceptors (Lipinski definition) is 3. The van der Waals surface area contributed by atoms with Crippen LogP contribution in [0.1, 0.15) is 6.42 Å². The molecule has 2 rings (SSSR count). The Kier molecular flexibility index (Phi) is 2.45. The minimum atomic E-state index is 0.674. The van der Waals surface area contributed by atoms with Crippen molar-refractivity contribution >= 4 is 5.69 Å². The van der Waals surface area contributed by atoms with Gasteiger partial charge < -0.3 is 10.6 Å². The monoisotopic (exact) mass is 177 g/mol. The zero-order valence-corrected chi connectivity index (χ0v) is 7.69. The highest BCUT2D eigenvalue weighted by Crippen LogP contribution is 2.21. The maximum atomic E-state index is 5.64. The summed E-state index contributed by atoms with van der Waals surface area (Å²) in [4.78, 5) is 6.38. The van der Waals surface area contributed by atoms with Crippen LogP contribution in [0.5, 0.6) is 0 Å². The van der Waals surface area contributed by atoms with Gasteiger partial charge in [-0.15, -0.1) is 0 Å². The molecule has 1 aromatic heterocycles. The van der Waals surface area contributed by atoms with Crippen LogP contribution in [-0.2, 0) is 0 Å². The molecule has 0 aliphatic carbocycles. The molecule has 2 N–H and O–H groups in total. The minimum Gasteiger partial charge on any atom is -0.371 e. The van der Waals surface area contributed by atoms with Crippen LogP contribution in [0, 0.1) is 5.92 Å². The van der Waals surface area contributed by atoms with E-state index in [1.807, 2.05) is 12.4 Å². The number of pyridine rings is 1. The summed E-state index contributed by atoms with van der Waals surface area (Å²) in [5.74, 6) is 0.674. The Balaban J connectivity index is 2.04. The highest BCUT2D eigenvalue weighted by atomic mass is 15.2. The molecule has 0 amide bonds. The Morgan fingerprint density at radius 2 is 2.23 bits per heavy atom. The number of aromatic nitrogens is 1. The maximum Gasteiger partial charge on any atom is 0.0397 e. The Morgan fingerprint density at radius 1 is 1.46 bits per heavy atom. The zero-order chi connectivity index (χ0) is 9.10. The smallest absolute Gasteiger partial charge is 0.0397 e. The van der Waals surface area contributed by atoms with Gasteiger partial charge in [-0.1, -0.05) is 0 Å². The molecule has 1 aromatic rings. The molecular formula is C10H15N3. The van der Waals surface area contributed by atoms with E-state index < -0.39 is 0 Å². The van der Waals surface area contributed by atoms with Gasteiger partial charge in [0.15, 0.2) is 0 Å². The van der Waals surface area contributed by atoms with E-state index in [0.29, 0.717) is 5.92 Å². The highest BCUT2D eigenvalue weighted by Gasteiger charge is 2.20. The van der Waals surface area contributed by atoms with Crippen molar-refractivity contribution in [2.75, 3.05) is 24.5 Å². The summed E-state index contributed by atoms with van der Waals surface area (Å²) in [6, 6.07) is 4.11. The van der Waals surface area contributed by atoms with Gasteiger partial charge in [0.25, 0.3) is 0 Å². The van der Waals surface area contributed by atoms with Crippen LogP contribution in [0.15, 0.2) is 24.5 Å². The molecule has 0 spiro atoms. The lowest BCUT2D eigenvalue weighted by molar-refractivity contribution is 0.602. The van der Waals surface area contributed by atoms with Gasteiger partial charge in [-0.25, -0.2) is 0 Å². The fourth-order valence-corrected chi connectivity index (χ4v) is 1.81. The van der Waals surface area contributed by atoms with Gasteiger partial charge in [-0.05, 0) is 31.0 Å². The van der Waals surface area contributed by atoms with E-state index >= 15 is 0 Å². The molecule has 1 aliphatic rings. The molecule has 1 atom stereocenters. The summed E-state index contributed by atoms with van der Waals surface area (Å²) in [5, 5.41) is 0. The van der Waals surface area contributed by atoms with Gasteiger partial charge in [-0.2, -0.15) is 0 Å². The average molecular weight is 177 g/mol. The van der Waals surface area contributed by atoms with E-state index in [1.54, 1.807) is 0 Å². The van der Waals surface area contributed by atoms with Gasteiger partial charge in [0.2, 0.25) is 0 Å². The Labute approximate surface area is 78.6 Å². The Morgan fingerprint density at radius 3 is 2.85 bits per heavy atom. The fraction of sp³-hybridized carbons (Fsp3) is 0.500. The first-order valence-corrected chi connectivity index (χ1v) is 4.75. The lowest BCUT2D eigenvalue weighted by atomic mass is 10.1. The molecule has 1 saturated heterocycles. The summed E-state index contributed by atoms with van der Waals surface area (Å²) in [7, 11) is 0. The van der Waals surface area contributed by atoms with Crippen LogP contribution in [-0.4, -0.2) is 24.6 Å². The molecule has 70 valence electrons. The zero-order valence-electron chi connectivity index (χ0n) is 7.69. The number of rotatable bonds is 2. The SMILES string of the molecule is NCC1CCN(c2ccncc2)C1. The summed E-state index contributed by atoms with van der Waals surface area (Å²) in [6.45, 7) is 3.04. The molecule has 1 unspecified atom stereocenters. The average Bonchev–Trinajstić information content (AvgIpc) is 2.67. The fourth-order valence-electron chi connectivity index (χ4n) is 1.81. The first-order valence-electron chi connectivity index (χ1n) is 4.75. The third-order valence-corrected chi connectivity index (χ3v) is 2.65. The summed E-state index contributed by atoms with van der Waals surface area (Å²) in [6.07, 6.45) is 4.90. The van der Waals surface area contributed by atoms with Crippen molar-refractivity contribution in [3.8, 4) is 0 Å². The first-order chi connectivity index (χ1) is 6.40. The number of nitrogens with two attached hydrogens (primary N) is 1. The van der Waals surface area contributed by atoms with Crippen molar-refractivity contribution in [3.63, 3.8) is 0 Å². The topological polar surface area (TPSA) is 42.1 Å². The van der Waals surface area contributed by atoms with E-state index in [1.165, 1.54) is 12.1 Å². The van der Waals surface area contributed by atoms with Crippen LogP contribution in [0.2, 0.25) is 0 Å². The molecule has 0 bridgehead atoms. The number of nitrogens with zero attached hydrogens (tertiary/aromatic N) is 2. The van der Waals surface area contributed by atoms with Crippen LogP contribution < -0.4 is 10.6 Å². The number of anilines is 1. The van der Waals surface area contributed by atoms with Crippen molar-refractivity contribution in [2.45, 2.75) is 6.42 Å². The van der Waals surface area contributed by atoms with Gasteiger partial charge in [0, 0.05) is 31.2 Å². The second-order valence-electron chi connectivity index (χ2n) is 3.54. The van der Waals surface area contributed by atoms with Crippen molar-refractivity contribution in [3.05, 3.63) is 24.5 Å². The molecule has 1 fully saturated rings. The summed E-state index contributed by atoms with van der Waals surface area (Å²) < 4.78 is 0. The third-order valence-electron chi connectivity index (χ3n) is 2.65. The Bertz CT molecular complexity index is 260. The van der Waals surface area contributed by atoms with Gasteiger partial charge in [-0.3, -0.25) is 4.98 Å². The molecule has 3 nitrogen and oxygen atoms in total. The van der Waals surface area contributed by atoms with Gasteiger partial charge in [0.05, 0.1) is 0 Å². The van der Waals surface area contributed by atoms with E-state index in [9.17, 15) is 0 Å². The van der Waals surface area contributed by atoms with Crippen LogP contribution in [0.3, 0.4) is 0 Å². The van der Waals surface area contributed by atoms with Crippen LogP contribution in [0.4, 0.5) is 5.69 Å². The largest absolute Gasteiger partial charge is 0.371 e. The molecular weight excluding hydrogens is 162 g/mol. The maximum absolute atomic E-state index is 5.64. The molecule has 0 aromatic carbocycles. The summed E-state index contributed by atoms with van der Waals surface area (Å²) >= 11 is 0. The lowest BCUT2D eigenvalue weighted by Crippen LogP contribution is -2.22. The van der Waals surface area contributed by atoms with Crippen molar-refractivity contribution in [1.29, 1.82) is 0 Å². The van der Waals surface area contributed by atoms with Gasteiger partial charge in [0.1, 0.15) is 0 Å². The van der Waals surface area contributed by atoms with E-state index in [4.69, 9.17) is 5.73 Å². The Hall–Kier alpha value is -1.09. The van der Waals surface area contributed by atoms with Crippen molar-refractivity contribution < 1.29 is 0 Å². The van der Waals surface area contributed by atoms with E-state index in [-0.39, 0.29) is 0 Å². The highest BCUT2D eigenvalue weighted by molar-refractivity contribution is 5.45. The molecule has 3 heteroatoms. The van der Waals surface area contributed by atoms with Crippen molar-refractivity contribution in [2.24, 2.45) is 11.7 Å². The first kappa shape index (κ1) is 8.51. The standard InChI is InChI=1S/C10H15N3/c11-7-9-3-6-13(8-9)10-1-4-12-5-2-10/h1-2,4-5,9H,3,6-8,11H2. The second-order valence-corrected chi connectivity index (χ2v) is 3.54. The van der Waals surface area contributed by atoms with Gasteiger partial charge >= 0.3 is 0 Å². The third kappa shape index (κ3) is 1.80. The molecule has 13 heavy (non-hydrogen) atoms. The predicted molar refractivity (Wildman–Crippen MR) is 53.6 cm³/mol. The molecule has 0 saturated carbocycles.